The van der Waals surface area contributed by atoms with Crippen LogP contribution in [0.4, 0.5) is 0 Å². The second-order valence-corrected chi connectivity index (χ2v) is 4.21. The molecule has 1 aliphatic rings. The van der Waals surface area contributed by atoms with Gasteiger partial charge >= 0.3 is 0 Å². The molecule has 0 aromatic heterocycles. The highest BCUT2D eigenvalue weighted by Gasteiger charge is 2.17. The van der Waals surface area contributed by atoms with E-state index in [1.165, 1.54) is 0 Å². The zero-order valence-corrected chi connectivity index (χ0v) is 10.6. The second kappa shape index (κ2) is 6.40. The predicted molar refractivity (Wildman–Crippen MR) is 67.5 cm³/mol. The van der Waals surface area contributed by atoms with E-state index in [1.807, 2.05) is 6.92 Å². The number of hydrogen-bond donors (Lipinski definition) is 0. The highest BCUT2D eigenvalue weighted by Crippen LogP contribution is 2.30. The molecule has 1 aliphatic heterocycles. The SMILES string of the molecule is CCOc1cc(C=O)ccc1OC1CCCOC1. The molecule has 0 N–H and O–H groups in total. The summed E-state index contributed by atoms with van der Waals surface area (Å²) >= 11 is 0. The summed E-state index contributed by atoms with van der Waals surface area (Å²) in [7, 11) is 0. The summed E-state index contributed by atoms with van der Waals surface area (Å²) in [5.41, 5.74) is 0.589. The maximum absolute atomic E-state index is 10.7. The van der Waals surface area contributed by atoms with E-state index in [4.69, 9.17) is 14.2 Å². The van der Waals surface area contributed by atoms with Gasteiger partial charge in [-0.2, -0.15) is 0 Å². The van der Waals surface area contributed by atoms with Crippen molar-refractivity contribution in [3.05, 3.63) is 23.8 Å². The van der Waals surface area contributed by atoms with Gasteiger partial charge in [-0.15, -0.1) is 0 Å². The van der Waals surface area contributed by atoms with Gasteiger partial charge in [0, 0.05) is 12.2 Å². The highest BCUT2D eigenvalue weighted by molar-refractivity contribution is 5.76. The molecule has 2 rings (SSSR count). The molecular formula is C14H18O4. The summed E-state index contributed by atoms with van der Waals surface area (Å²) in [6.45, 7) is 3.87. The Hall–Kier alpha value is -1.55. The van der Waals surface area contributed by atoms with Crippen molar-refractivity contribution in [1.82, 2.24) is 0 Å². The molecule has 1 aromatic carbocycles. The molecule has 0 saturated carbocycles. The summed E-state index contributed by atoms with van der Waals surface area (Å²) in [6.07, 6.45) is 2.87. The Kier molecular flexibility index (Phi) is 4.59. The van der Waals surface area contributed by atoms with Crippen LogP contribution in [0, 0.1) is 0 Å². The van der Waals surface area contributed by atoms with Crippen molar-refractivity contribution in [2.75, 3.05) is 19.8 Å². The molecule has 1 fully saturated rings. The Morgan fingerprint density at radius 3 is 3.00 bits per heavy atom. The van der Waals surface area contributed by atoms with Gasteiger partial charge in [-0.05, 0) is 38.0 Å². The van der Waals surface area contributed by atoms with Crippen LogP contribution in [-0.4, -0.2) is 32.2 Å². The van der Waals surface area contributed by atoms with Gasteiger partial charge in [-0.1, -0.05) is 0 Å². The zero-order valence-electron chi connectivity index (χ0n) is 10.6. The number of hydrogen-bond acceptors (Lipinski definition) is 4. The van der Waals surface area contributed by atoms with Gasteiger partial charge in [-0.25, -0.2) is 0 Å². The van der Waals surface area contributed by atoms with E-state index < -0.39 is 0 Å². The Bertz CT molecular complexity index is 397. The monoisotopic (exact) mass is 250 g/mol. The van der Waals surface area contributed by atoms with Crippen molar-refractivity contribution < 1.29 is 19.0 Å². The van der Waals surface area contributed by atoms with Gasteiger partial charge in [0.05, 0.1) is 13.2 Å². The van der Waals surface area contributed by atoms with Gasteiger partial charge in [-0.3, -0.25) is 4.79 Å². The fourth-order valence-electron chi connectivity index (χ4n) is 1.95. The third-order valence-electron chi connectivity index (χ3n) is 2.82. The predicted octanol–water partition coefficient (Wildman–Crippen LogP) is 2.46. The third-order valence-corrected chi connectivity index (χ3v) is 2.82. The maximum Gasteiger partial charge on any atom is 0.161 e. The third kappa shape index (κ3) is 3.23. The van der Waals surface area contributed by atoms with E-state index in [2.05, 4.69) is 0 Å². The first-order valence-electron chi connectivity index (χ1n) is 6.30. The molecule has 4 nitrogen and oxygen atoms in total. The summed E-state index contributed by atoms with van der Waals surface area (Å²) in [4.78, 5) is 10.7. The van der Waals surface area contributed by atoms with Gasteiger partial charge < -0.3 is 14.2 Å². The van der Waals surface area contributed by atoms with E-state index in [-0.39, 0.29) is 6.10 Å². The van der Waals surface area contributed by atoms with Crippen LogP contribution in [0.3, 0.4) is 0 Å². The average molecular weight is 250 g/mol. The Morgan fingerprint density at radius 1 is 1.44 bits per heavy atom. The largest absolute Gasteiger partial charge is 0.490 e. The number of ether oxygens (including phenoxy) is 3. The second-order valence-electron chi connectivity index (χ2n) is 4.21. The van der Waals surface area contributed by atoms with Crippen LogP contribution in [0.25, 0.3) is 0 Å². The summed E-state index contributed by atoms with van der Waals surface area (Å²) in [6, 6.07) is 5.22. The Labute approximate surface area is 107 Å². The minimum absolute atomic E-state index is 0.0695. The topological polar surface area (TPSA) is 44.8 Å². The van der Waals surface area contributed by atoms with E-state index in [9.17, 15) is 4.79 Å². The molecule has 1 aromatic rings. The molecule has 0 bridgehead atoms. The highest BCUT2D eigenvalue weighted by atomic mass is 16.6. The van der Waals surface area contributed by atoms with Crippen molar-refractivity contribution in [2.45, 2.75) is 25.9 Å². The molecule has 98 valence electrons. The minimum Gasteiger partial charge on any atom is -0.490 e. The quantitative estimate of drug-likeness (QED) is 0.753. The lowest BCUT2D eigenvalue weighted by molar-refractivity contribution is 0.00624. The molecule has 0 aliphatic carbocycles. The standard InChI is InChI=1S/C14H18O4/c1-2-17-14-8-11(9-15)5-6-13(14)18-12-4-3-7-16-10-12/h5-6,8-9,12H,2-4,7,10H2,1H3. The van der Waals surface area contributed by atoms with Crippen LogP contribution in [0.2, 0.25) is 0 Å². The molecule has 0 spiro atoms. The van der Waals surface area contributed by atoms with Crippen LogP contribution >= 0.6 is 0 Å². The number of rotatable bonds is 5. The van der Waals surface area contributed by atoms with Crippen LogP contribution in [-0.2, 0) is 4.74 Å². The lowest BCUT2D eigenvalue weighted by Gasteiger charge is -2.24. The molecule has 1 heterocycles. The van der Waals surface area contributed by atoms with Gasteiger partial charge in [0.2, 0.25) is 0 Å². The number of carbonyl (C=O) groups is 1. The maximum atomic E-state index is 10.7. The van der Waals surface area contributed by atoms with Crippen LogP contribution in [0.1, 0.15) is 30.1 Å². The molecule has 18 heavy (non-hydrogen) atoms. The summed E-state index contributed by atoms with van der Waals surface area (Å²) < 4.78 is 16.7. The molecule has 1 atom stereocenters. The number of aldehydes is 1. The lowest BCUT2D eigenvalue weighted by Crippen LogP contribution is -2.28. The average Bonchev–Trinajstić information content (AvgIpc) is 2.42. The Balaban J connectivity index is 2.11. The van der Waals surface area contributed by atoms with Crippen LogP contribution < -0.4 is 9.47 Å². The fraction of sp³-hybridized carbons (Fsp3) is 0.500. The lowest BCUT2D eigenvalue weighted by atomic mass is 10.1. The van der Waals surface area contributed by atoms with Gasteiger partial charge in [0.1, 0.15) is 12.4 Å². The van der Waals surface area contributed by atoms with Crippen molar-refractivity contribution in [2.24, 2.45) is 0 Å². The molecule has 0 amide bonds. The van der Waals surface area contributed by atoms with Crippen molar-refractivity contribution in [3.8, 4) is 11.5 Å². The molecule has 1 saturated heterocycles. The van der Waals surface area contributed by atoms with Gasteiger partial charge in [0.15, 0.2) is 11.5 Å². The number of carbonyl (C=O) groups excluding carboxylic acids is 1. The van der Waals surface area contributed by atoms with Gasteiger partial charge in [0.25, 0.3) is 0 Å². The van der Waals surface area contributed by atoms with E-state index in [1.54, 1.807) is 18.2 Å². The number of benzene rings is 1. The fourth-order valence-corrected chi connectivity index (χ4v) is 1.95. The smallest absolute Gasteiger partial charge is 0.161 e. The van der Waals surface area contributed by atoms with Crippen molar-refractivity contribution in [3.63, 3.8) is 0 Å². The van der Waals surface area contributed by atoms with Crippen LogP contribution in [0.5, 0.6) is 11.5 Å². The van der Waals surface area contributed by atoms with E-state index >= 15 is 0 Å². The van der Waals surface area contributed by atoms with Crippen molar-refractivity contribution >= 4 is 6.29 Å². The molecular weight excluding hydrogens is 232 g/mol. The normalized spacial score (nSPS) is 19.3. The van der Waals surface area contributed by atoms with Crippen LogP contribution in [0.15, 0.2) is 18.2 Å². The van der Waals surface area contributed by atoms with E-state index in [0.717, 1.165) is 25.7 Å². The van der Waals surface area contributed by atoms with Crippen molar-refractivity contribution in [1.29, 1.82) is 0 Å². The first-order chi connectivity index (χ1) is 8.83. The zero-order chi connectivity index (χ0) is 12.8. The minimum atomic E-state index is 0.0695. The summed E-state index contributed by atoms with van der Waals surface area (Å²) in [5, 5.41) is 0. The molecule has 0 radical (unpaired) electrons. The van der Waals surface area contributed by atoms with E-state index in [0.29, 0.717) is 30.3 Å². The molecule has 1 unspecified atom stereocenters. The molecule has 4 heteroatoms. The Morgan fingerprint density at radius 2 is 2.33 bits per heavy atom. The summed E-state index contributed by atoms with van der Waals surface area (Å²) in [5.74, 6) is 1.30. The first kappa shape index (κ1) is 12.9. The first-order valence-corrected chi connectivity index (χ1v) is 6.30.